The van der Waals surface area contributed by atoms with E-state index in [-0.39, 0.29) is 15.9 Å². The summed E-state index contributed by atoms with van der Waals surface area (Å²) >= 11 is 2.86. The van der Waals surface area contributed by atoms with Gasteiger partial charge < -0.3 is 9.47 Å². The van der Waals surface area contributed by atoms with Gasteiger partial charge in [-0.2, -0.15) is 0 Å². The minimum atomic E-state index is -4.30. The highest BCUT2D eigenvalue weighted by Gasteiger charge is 2.25. The second-order valence-corrected chi connectivity index (χ2v) is 6.84. The van der Waals surface area contributed by atoms with Crippen LogP contribution in [0.5, 0.6) is 11.5 Å². The summed E-state index contributed by atoms with van der Waals surface area (Å²) in [5.41, 5.74) is 0.0870. The molecule has 0 fully saturated rings. The summed E-state index contributed by atoms with van der Waals surface area (Å²) in [7, 11) is -1.51. The molecular formula is C14H12BrF2NO4S. The van der Waals surface area contributed by atoms with E-state index in [1.54, 1.807) is 0 Å². The van der Waals surface area contributed by atoms with Crippen molar-refractivity contribution in [1.29, 1.82) is 0 Å². The zero-order chi connectivity index (χ0) is 17.2. The topological polar surface area (TPSA) is 64.6 Å². The molecule has 124 valence electrons. The van der Waals surface area contributed by atoms with E-state index in [9.17, 15) is 17.2 Å². The van der Waals surface area contributed by atoms with E-state index in [2.05, 4.69) is 20.7 Å². The second kappa shape index (κ2) is 6.71. The molecule has 1 N–H and O–H groups in total. The fraction of sp³-hybridized carbons (Fsp3) is 0.143. The van der Waals surface area contributed by atoms with Crippen LogP contribution < -0.4 is 14.2 Å². The van der Waals surface area contributed by atoms with E-state index in [4.69, 9.17) is 9.47 Å². The molecule has 0 aliphatic carbocycles. The summed E-state index contributed by atoms with van der Waals surface area (Å²) < 4.78 is 63.8. The largest absolute Gasteiger partial charge is 0.497 e. The first kappa shape index (κ1) is 17.5. The molecule has 0 unspecified atom stereocenters. The lowest BCUT2D eigenvalue weighted by atomic mass is 10.3. The van der Waals surface area contributed by atoms with Crippen LogP contribution in [-0.4, -0.2) is 22.6 Å². The number of rotatable bonds is 5. The lowest BCUT2D eigenvalue weighted by Crippen LogP contribution is -2.16. The molecule has 23 heavy (non-hydrogen) atoms. The maximum absolute atomic E-state index is 13.9. The molecule has 0 saturated heterocycles. The first-order chi connectivity index (χ1) is 10.8. The van der Waals surface area contributed by atoms with Crippen molar-refractivity contribution in [3.8, 4) is 11.5 Å². The molecule has 0 aliphatic heterocycles. The molecule has 0 spiro atoms. The Labute approximate surface area is 140 Å². The summed E-state index contributed by atoms with van der Waals surface area (Å²) in [4.78, 5) is -0.697. The van der Waals surface area contributed by atoms with Gasteiger partial charge in [0, 0.05) is 16.6 Å². The highest BCUT2D eigenvalue weighted by Crippen LogP contribution is 2.33. The number of methoxy groups -OCH3 is 2. The summed E-state index contributed by atoms with van der Waals surface area (Å²) in [6.45, 7) is 0. The normalized spacial score (nSPS) is 11.2. The molecule has 0 aliphatic rings. The van der Waals surface area contributed by atoms with Crippen LogP contribution in [0.1, 0.15) is 0 Å². The van der Waals surface area contributed by atoms with E-state index in [1.165, 1.54) is 32.4 Å². The molecule has 0 saturated carbocycles. The lowest BCUT2D eigenvalue weighted by molar-refractivity contribution is 0.395. The monoisotopic (exact) mass is 407 g/mol. The maximum Gasteiger partial charge on any atom is 0.266 e. The van der Waals surface area contributed by atoms with E-state index < -0.39 is 26.6 Å². The minimum absolute atomic E-state index is 0.0870. The van der Waals surface area contributed by atoms with Gasteiger partial charge in [-0.3, -0.25) is 4.72 Å². The predicted molar refractivity (Wildman–Crippen MR) is 84.4 cm³/mol. The molecule has 2 aromatic carbocycles. The van der Waals surface area contributed by atoms with Crippen LogP contribution in [0.4, 0.5) is 14.5 Å². The third-order valence-corrected chi connectivity index (χ3v) is 5.21. The van der Waals surface area contributed by atoms with Crippen LogP contribution in [0.25, 0.3) is 0 Å². The van der Waals surface area contributed by atoms with Crippen molar-refractivity contribution in [2.24, 2.45) is 0 Å². The van der Waals surface area contributed by atoms with Gasteiger partial charge in [-0.25, -0.2) is 17.2 Å². The maximum atomic E-state index is 13.9. The highest BCUT2D eigenvalue weighted by atomic mass is 79.9. The molecule has 0 radical (unpaired) electrons. The van der Waals surface area contributed by atoms with Crippen molar-refractivity contribution in [2.75, 3.05) is 18.9 Å². The Bertz CT molecular complexity index is 820. The van der Waals surface area contributed by atoms with Crippen LogP contribution >= 0.6 is 15.9 Å². The average molecular weight is 408 g/mol. The van der Waals surface area contributed by atoms with Crippen molar-refractivity contribution >= 4 is 31.6 Å². The summed E-state index contributed by atoms with van der Waals surface area (Å²) in [5.74, 6) is -1.46. The van der Waals surface area contributed by atoms with Crippen LogP contribution in [0.2, 0.25) is 0 Å². The number of hydrogen-bond donors (Lipinski definition) is 1. The zero-order valence-corrected chi connectivity index (χ0v) is 14.5. The summed E-state index contributed by atoms with van der Waals surface area (Å²) in [6.07, 6.45) is 0. The SMILES string of the molecule is COc1ccc(NS(=O)(=O)c2c(F)cc(F)cc2Br)c(OC)c1. The Morgan fingerprint density at radius 2 is 1.78 bits per heavy atom. The number of nitrogens with one attached hydrogen (secondary N) is 1. The van der Waals surface area contributed by atoms with Crippen LogP contribution in [0, 0.1) is 11.6 Å². The molecule has 0 heterocycles. The molecule has 9 heteroatoms. The summed E-state index contributed by atoms with van der Waals surface area (Å²) in [6, 6.07) is 5.74. The molecular weight excluding hydrogens is 396 g/mol. The Morgan fingerprint density at radius 1 is 1.09 bits per heavy atom. The van der Waals surface area contributed by atoms with Gasteiger partial charge >= 0.3 is 0 Å². The van der Waals surface area contributed by atoms with Crippen molar-refractivity contribution in [3.63, 3.8) is 0 Å². The van der Waals surface area contributed by atoms with Crippen molar-refractivity contribution in [1.82, 2.24) is 0 Å². The van der Waals surface area contributed by atoms with Gasteiger partial charge in [0.1, 0.15) is 28.0 Å². The van der Waals surface area contributed by atoms with Gasteiger partial charge in [-0.1, -0.05) is 0 Å². The molecule has 2 rings (SSSR count). The smallest absolute Gasteiger partial charge is 0.266 e. The third-order valence-electron chi connectivity index (χ3n) is 2.88. The fourth-order valence-electron chi connectivity index (χ4n) is 1.86. The van der Waals surface area contributed by atoms with Crippen molar-refractivity contribution in [3.05, 3.63) is 46.4 Å². The predicted octanol–water partition coefficient (Wildman–Crippen LogP) is 3.55. The fourth-order valence-corrected chi connectivity index (χ4v) is 4.10. The van der Waals surface area contributed by atoms with Gasteiger partial charge in [0.05, 0.1) is 19.9 Å². The zero-order valence-electron chi connectivity index (χ0n) is 12.1. The first-order valence-electron chi connectivity index (χ1n) is 6.18. The van der Waals surface area contributed by atoms with Gasteiger partial charge in [0.15, 0.2) is 0 Å². The van der Waals surface area contributed by atoms with Crippen LogP contribution in [0.15, 0.2) is 39.7 Å². The number of hydrogen-bond acceptors (Lipinski definition) is 4. The van der Waals surface area contributed by atoms with E-state index >= 15 is 0 Å². The quantitative estimate of drug-likeness (QED) is 0.822. The highest BCUT2D eigenvalue weighted by molar-refractivity contribution is 9.10. The van der Waals surface area contributed by atoms with Crippen LogP contribution in [-0.2, 0) is 10.0 Å². The number of anilines is 1. The molecule has 0 aromatic heterocycles. The Balaban J connectivity index is 2.47. The van der Waals surface area contributed by atoms with Crippen LogP contribution in [0.3, 0.4) is 0 Å². The molecule has 5 nitrogen and oxygen atoms in total. The van der Waals surface area contributed by atoms with Crippen molar-refractivity contribution < 1.29 is 26.7 Å². The number of sulfonamides is 1. The summed E-state index contributed by atoms with van der Waals surface area (Å²) in [5, 5.41) is 0. The lowest BCUT2D eigenvalue weighted by Gasteiger charge is -2.14. The van der Waals surface area contributed by atoms with E-state index in [1.807, 2.05) is 0 Å². The third kappa shape index (κ3) is 3.73. The first-order valence-corrected chi connectivity index (χ1v) is 8.45. The number of ether oxygens (including phenoxy) is 2. The molecule has 0 bridgehead atoms. The Morgan fingerprint density at radius 3 is 2.35 bits per heavy atom. The number of halogens is 3. The van der Waals surface area contributed by atoms with E-state index in [0.29, 0.717) is 11.8 Å². The molecule has 0 amide bonds. The average Bonchev–Trinajstić information content (AvgIpc) is 2.45. The minimum Gasteiger partial charge on any atom is -0.497 e. The van der Waals surface area contributed by atoms with Crippen molar-refractivity contribution in [2.45, 2.75) is 4.90 Å². The van der Waals surface area contributed by atoms with Gasteiger partial charge in [0.2, 0.25) is 0 Å². The van der Waals surface area contributed by atoms with Gasteiger partial charge in [0.25, 0.3) is 10.0 Å². The molecule has 2 aromatic rings. The standard InChI is InChI=1S/C14H12BrF2NO4S/c1-21-9-3-4-12(13(7-9)22-2)18-23(19,20)14-10(15)5-8(16)6-11(14)17/h3-7,18H,1-2H3. The second-order valence-electron chi connectivity index (χ2n) is 4.37. The van der Waals surface area contributed by atoms with Gasteiger partial charge in [-0.15, -0.1) is 0 Å². The Kier molecular flexibility index (Phi) is 5.10. The van der Waals surface area contributed by atoms with Gasteiger partial charge in [-0.05, 0) is 34.1 Å². The number of benzene rings is 2. The molecule has 0 atom stereocenters. The van der Waals surface area contributed by atoms with E-state index in [0.717, 1.165) is 6.07 Å². The Hall–Kier alpha value is -1.87.